The molecule has 0 aromatic carbocycles. The third-order valence-electron chi connectivity index (χ3n) is 0.688. The van der Waals surface area contributed by atoms with E-state index in [1.54, 1.807) is 16.8 Å². The third kappa shape index (κ3) is 1.68. The number of thiazole rings is 1. The summed E-state index contributed by atoms with van der Waals surface area (Å²) in [5.74, 6) is 0.949. The Kier molecular flexibility index (Phi) is 3.56. The van der Waals surface area contributed by atoms with Crippen molar-refractivity contribution in [3.05, 3.63) is 10.9 Å². The fourth-order valence-corrected chi connectivity index (χ4v) is 0.879. The minimum atomic E-state index is 0. The van der Waals surface area contributed by atoms with E-state index in [1.165, 1.54) is 0 Å². The van der Waals surface area contributed by atoms with Crippen molar-refractivity contribution in [1.29, 1.82) is 0 Å². The van der Waals surface area contributed by atoms with E-state index < -0.39 is 0 Å². The maximum Gasteiger partial charge on any atom is 0.136 e. The van der Waals surface area contributed by atoms with Crippen LogP contribution in [0.15, 0.2) is 10.9 Å². The topological polar surface area (TPSA) is 24.9 Å². The fourth-order valence-electron chi connectivity index (χ4n) is 0.336. The van der Waals surface area contributed by atoms with Crippen molar-refractivity contribution in [1.82, 2.24) is 4.98 Å². The lowest BCUT2D eigenvalue weighted by atomic mass is 10.8. The van der Waals surface area contributed by atoms with Crippen LogP contribution in [0.3, 0.4) is 0 Å². The van der Waals surface area contributed by atoms with Gasteiger partial charge in [0.25, 0.3) is 0 Å². The van der Waals surface area contributed by atoms with Gasteiger partial charge in [-0.15, -0.1) is 23.7 Å². The van der Waals surface area contributed by atoms with Gasteiger partial charge in [-0.3, -0.25) is 0 Å². The summed E-state index contributed by atoms with van der Waals surface area (Å²) in [4.78, 5) is 3.94. The van der Waals surface area contributed by atoms with Crippen LogP contribution in [0.2, 0.25) is 0 Å². The number of rotatable bonds is 1. The van der Waals surface area contributed by atoms with E-state index in [4.69, 9.17) is 0 Å². The Morgan fingerprint density at radius 1 is 1.75 bits per heavy atom. The quantitative estimate of drug-likeness (QED) is 0.658. The van der Waals surface area contributed by atoms with Gasteiger partial charge in [-0.25, -0.2) is 4.98 Å². The summed E-state index contributed by atoms with van der Waals surface area (Å²) in [5.41, 5.74) is 1.80. The number of halogens is 1. The van der Waals surface area contributed by atoms with Crippen molar-refractivity contribution < 1.29 is 0 Å². The summed E-state index contributed by atoms with van der Waals surface area (Å²) in [7, 11) is 1.86. The van der Waals surface area contributed by atoms with Crippen LogP contribution < -0.4 is 5.32 Å². The molecule has 0 radical (unpaired) electrons. The van der Waals surface area contributed by atoms with E-state index in [-0.39, 0.29) is 12.4 Å². The number of aromatic nitrogens is 1. The highest BCUT2D eigenvalue weighted by atomic mass is 35.5. The van der Waals surface area contributed by atoms with E-state index in [2.05, 4.69) is 10.3 Å². The summed E-state index contributed by atoms with van der Waals surface area (Å²) in [6, 6.07) is 0. The van der Waals surface area contributed by atoms with Crippen molar-refractivity contribution in [3.63, 3.8) is 0 Å². The van der Waals surface area contributed by atoms with E-state index in [0.717, 1.165) is 5.82 Å². The van der Waals surface area contributed by atoms with Gasteiger partial charge in [0.05, 0.1) is 5.51 Å². The van der Waals surface area contributed by atoms with E-state index in [9.17, 15) is 0 Å². The van der Waals surface area contributed by atoms with Gasteiger partial charge in [-0.05, 0) is 0 Å². The number of nitrogens with zero attached hydrogens (tertiary/aromatic N) is 1. The molecule has 4 heteroatoms. The second-order valence-electron chi connectivity index (χ2n) is 1.12. The molecule has 0 aliphatic rings. The Balaban J connectivity index is 0.000000490. The normalized spacial score (nSPS) is 7.62. The van der Waals surface area contributed by atoms with E-state index >= 15 is 0 Å². The first-order chi connectivity index (χ1) is 3.43. The molecule has 0 fully saturated rings. The van der Waals surface area contributed by atoms with Gasteiger partial charge in [0.15, 0.2) is 0 Å². The molecule has 0 unspecified atom stereocenters. The summed E-state index contributed by atoms with van der Waals surface area (Å²) in [6.45, 7) is 0. The molecule has 1 aromatic heterocycles. The Labute approximate surface area is 58.4 Å². The van der Waals surface area contributed by atoms with Crippen molar-refractivity contribution in [2.45, 2.75) is 0 Å². The molecule has 1 rings (SSSR count). The number of anilines is 1. The summed E-state index contributed by atoms with van der Waals surface area (Å²) < 4.78 is 0. The van der Waals surface area contributed by atoms with Gasteiger partial charge >= 0.3 is 0 Å². The molecule has 0 aliphatic heterocycles. The summed E-state index contributed by atoms with van der Waals surface area (Å²) in [6.07, 6.45) is 0. The van der Waals surface area contributed by atoms with E-state index in [0.29, 0.717) is 0 Å². The lowest BCUT2D eigenvalue weighted by Gasteiger charge is -1.84. The molecule has 0 amide bonds. The smallest absolute Gasteiger partial charge is 0.136 e. The number of hydrogen-bond acceptors (Lipinski definition) is 3. The molecule has 0 aliphatic carbocycles. The molecule has 0 saturated heterocycles. The van der Waals surface area contributed by atoms with Crippen molar-refractivity contribution >= 4 is 29.6 Å². The first-order valence-electron chi connectivity index (χ1n) is 1.99. The van der Waals surface area contributed by atoms with Gasteiger partial charge < -0.3 is 5.32 Å². The second kappa shape index (κ2) is 3.69. The van der Waals surface area contributed by atoms with Crippen LogP contribution in [0.5, 0.6) is 0 Å². The zero-order valence-corrected chi connectivity index (χ0v) is 6.05. The molecule has 0 bridgehead atoms. The van der Waals surface area contributed by atoms with Crippen LogP contribution in [0.25, 0.3) is 0 Å². The minimum Gasteiger partial charge on any atom is -0.372 e. The first-order valence-corrected chi connectivity index (χ1v) is 2.93. The minimum absolute atomic E-state index is 0. The van der Waals surface area contributed by atoms with Crippen molar-refractivity contribution in [3.8, 4) is 0 Å². The Morgan fingerprint density at radius 2 is 2.50 bits per heavy atom. The van der Waals surface area contributed by atoms with Crippen LogP contribution in [-0.4, -0.2) is 12.0 Å². The van der Waals surface area contributed by atoms with Crippen LogP contribution in [0.1, 0.15) is 0 Å². The molecule has 1 aromatic rings. The molecule has 0 saturated carbocycles. The van der Waals surface area contributed by atoms with Gasteiger partial charge in [-0.2, -0.15) is 0 Å². The van der Waals surface area contributed by atoms with Gasteiger partial charge in [0.2, 0.25) is 0 Å². The highest BCUT2D eigenvalue weighted by Crippen LogP contribution is 2.03. The highest BCUT2D eigenvalue weighted by molar-refractivity contribution is 7.07. The van der Waals surface area contributed by atoms with Crippen LogP contribution in [0.4, 0.5) is 5.82 Å². The lowest BCUT2D eigenvalue weighted by molar-refractivity contribution is 1.35. The van der Waals surface area contributed by atoms with Crippen LogP contribution in [0, 0.1) is 0 Å². The summed E-state index contributed by atoms with van der Waals surface area (Å²) >= 11 is 1.59. The van der Waals surface area contributed by atoms with E-state index in [1.807, 2.05) is 12.4 Å². The lowest BCUT2D eigenvalue weighted by Crippen LogP contribution is -1.84. The number of nitrogens with one attached hydrogen (secondary N) is 1. The molecule has 1 heterocycles. The molecular formula is C4H7ClN2S. The average molecular weight is 151 g/mol. The zero-order valence-electron chi connectivity index (χ0n) is 4.42. The second-order valence-corrected chi connectivity index (χ2v) is 1.84. The summed E-state index contributed by atoms with van der Waals surface area (Å²) in [5, 5.41) is 4.86. The van der Waals surface area contributed by atoms with Gasteiger partial charge in [-0.1, -0.05) is 0 Å². The molecule has 46 valence electrons. The fraction of sp³-hybridized carbons (Fsp3) is 0.250. The molecule has 0 spiro atoms. The molecule has 1 N–H and O–H groups in total. The molecule has 0 atom stereocenters. The maximum absolute atomic E-state index is 3.94. The SMILES string of the molecule is CNc1cscn1.Cl. The van der Waals surface area contributed by atoms with Gasteiger partial charge in [0.1, 0.15) is 5.82 Å². The van der Waals surface area contributed by atoms with Crippen molar-refractivity contribution in [2.24, 2.45) is 0 Å². The average Bonchev–Trinajstić information content (AvgIpc) is 2.14. The predicted octanol–water partition coefficient (Wildman–Crippen LogP) is 1.61. The van der Waals surface area contributed by atoms with Crippen molar-refractivity contribution in [2.75, 3.05) is 12.4 Å². The maximum atomic E-state index is 3.94. The Bertz CT molecular complexity index is 129. The van der Waals surface area contributed by atoms with Crippen LogP contribution >= 0.6 is 23.7 Å². The Morgan fingerprint density at radius 3 is 2.75 bits per heavy atom. The third-order valence-corrected chi connectivity index (χ3v) is 1.27. The molecular weight excluding hydrogens is 144 g/mol. The molecule has 2 nitrogen and oxygen atoms in total. The highest BCUT2D eigenvalue weighted by Gasteiger charge is 1.82. The first kappa shape index (κ1) is 7.72. The molecule has 8 heavy (non-hydrogen) atoms. The largest absolute Gasteiger partial charge is 0.372 e. The monoisotopic (exact) mass is 150 g/mol. The standard InChI is InChI=1S/C4H6N2S.ClH/c1-5-4-2-7-3-6-4;/h2-3,5H,1H3;1H. The Hall–Kier alpha value is -0.280. The van der Waals surface area contributed by atoms with Gasteiger partial charge in [0, 0.05) is 12.4 Å². The predicted molar refractivity (Wildman–Crippen MR) is 38.9 cm³/mol. The number of hydrogen-bond donors (Lipinski definition) is 1. The zero-order chi connectivity index (χ0) is 5.11. The van der Waals surface area contributed by atoms with Crippen LogP contribution in [-0.2, 0) is 0 Å².